The number of hydrogen-bond donors (Lipinski definition) is 0. The van der Waals surface area contributed by atoms with Gasteiger partial charge in [-0.3, -0.25) is 0 Å². The lowest BCUT2D eigenvalue weighted by molar-refractivity contribution is 0.210. The van der Waals surface area contributed by atoms with Gasteiger partial charge < -0.3 is 0 Å². The molecule has 0 nitrogen and oxygen atoms in total. The van der Waals surface area contributed by atoms with Crippen LogP contribution in [0.1, 0.15) is 335 Å². The first-order chi connectivity index (χ1) is 26.6. The zero-order valence-electron chi connectivity index (χ0n) is 40.8. The van der Waals surface area contributed by atoms with Crippen molar-refractivity contribution in [3.63, 3.8) is 0 Å². The van der Waals surface area contributed by atoms with Gasteiger partial charge in [-0.25, -0.2) is 0 Å². The van der Waals surface area contributed by atoms with Crippen LogP contribution in [-0.4, -0.2) is 0 Å². The molecule has 0 atom stereocenters. The van der Waals surface area contributed by atoms with Crippen molar-refractivity contribution in [2.45, 2.75) is 335 Å². The van der Waals surface area contributed by atoms with E-state index >= 15 is 0 Å². The van der Waals surface area contributed by atoms with Crippen LogP contribution in [0.4, 0.5) is 0 Å². The Morgan fingerprint density at radius 3 is 0.500 bits per heavy atom. The van der Waals surface area contributed by atoms with Gasteiger partial charge in [0.15, 0.2) is 0 Å². The Balaban J connectivity index is -0.000000194. The molecule has 0 bridgehead atoms. The molecule has 0 N–H and O–H groups in total. The summed E-state index contributed by atoms with van der Waals surface area (Å²) >= 11 is 0. The Hall–Kier alpha value is 0. The van der Waals surface area contributed by atoms with E-state index in [0.717, 1.165) is 29.6 Å². The van der Waals surface area contributed by atoms with Crippen molar-refractivity contribution >= 4 is 0 Å². The van der Waals surface area contributed by atoms with Crippen LogP contribution in [0.5, 0.6) is 0 Å². The molecule has 6 rings (SSSR count). The lowest BCUT2D eigenvalue weighted by atomic mass is 9.75. The minimum Gasteiger partial charge on any atom is -0.0776 e. The van der Waals surface area contributed by atoms with E-state index in [4.69, 9.17) is 0 Å². The number of hydrogen-bond acceptors (Lipinski definition) is 0. The fraction of sp³-hybridized carbons (Fsp3) is 1.00. The highest BCUT2D eigenvalue weighted by Gasteiger charge is 2.23. The molecular weight excluding hydrogens is 673 g/mol. The van der Waals surface area contributed by atoms with Gasteiger partial charge in [-0.2, -0.15) is 0 Å². The molecule has 56 heavy (non-hydrogen) atoms. The molecule has 0 aromatic rings. The standard InChI is InChI=1S/C17H32.2C9H18.C8H16.C3H6.4C2H6.2CH4/c1-15-9-7-13-17(14-8-10-15)16-11-5-3-2-4-6-12-16;2*1-9-7-5-3-2-4-6-8-9;1-2-4-6-8-7-5-3-1;1-2-3-1;4*1-2;;/h15-17H,2-14H2,1H3;2*9H,2-8H2,1H3;1-8H2;1-3H2;4*1-2H3;2*1H4. The van der Waals surface area contributed by atoms with Crippen molar-refractivity contribution < 1.29 is 0 Å². The summed E-state index contributed by atoms with van der Waals surface area (Å²) in [5.41, 5.74) is 0. The van der Waals surface area contributed by atoms with Crippen molar-refractivity contribution in [2.24, 2.45) is 29.6 Å². The monoisotopic (exact) mass is 795 g/mol. The molecule has 6 fully saturated rings. The average molecular weight is 796 g/mol. The molecule has 0 spiro atoms. The molecule has 0 unspecified atom stereocenters. The van der Waals surface area contributed by atoms with Crippen molar-refractivity contribution in [3.05, 3.63) is 0 Å². The highest BCUT2D eigenvalue weighted by atomic mass is 14.3. The molecule has 0 amide bonds. The lowest BCUT2D eigenvalue weighted by Crippen LogP contribution is -2.18. The fourth-order valence-electron chi connectivity index (χ4n) is 8.91. The van der Waals surface area contributed by atoms with Crippen LogP contribution >= 0.6 is 0 Å². The van der Waals surface area contributed by atoms with E-state index in [-0.39, 0.29) is 14.9 Å². The summed E-state index contributed by atoms with van der Waals surface area (Å²) in [6, 6.07) is 0. The summed E-state index contributed by atoms with van der Waals surface area (Å²) < 4.78 is 0. The van der Waals surface area contributed by atoms with Crippen LogP contribution in [0.25, 0.3) is 0 Å². The van der Waals surface area contributed by atoms with Crippen LogP contribution in [-0.2, 0) is 0 Å². The van der Waals surface area contributed by atoms with Gasteiger partial charge in [0.05, 0.1) is 0 Å². The van der Waals surface area contributed by atoms with Crippen LogP contribution in [0, 0.1) is 29.6 Å². The molecule has 0 radical (unpaired) electrons. The molecule has 0 aliphatic heterocycles. The summed E-state index contributed by atoms with van der Waals surface area (Å²) in [5.74, 6) is 5.24. The molecule has 346 valence electrons. The Kier molecular flexibility index (Phi) is 66.4. The van der Waals surface area contributed by atoms with E-state index in [1.54, 1.807) is 25.7 Å². The van der Waals surface area contributed by atoms with Gasteiger partial charge in [-0.15, -0.1) is 0 Å². The second-order valence-corrected chi connectivity index (χ2v) is 17.6. The maximum Gasteiger partial charge on any atom is -0.0386 e. The Morgan fingerprint density at radius 2 is 0.304 bits per heavy atom. The zero-order chi connectivity index (χ0) is 40.8. The Labute approximate surface area is 363 Å². The highest BCUT2D eigenvalue weighted by molar-refractivity contribution is 4.75. The first-order valence-electron chi connectivity index (χ1n) is 26.6. The van der Waals surface area contributed by atoms with Crippen LogP contribution < -0.4 is 0 Å². The first kappa shape index (κ1) is 65.1. The van der Waals surface area contributed by atoms with Gasteiger partial charge in [-0.1, -0.05) is 335 Å². The minimum atomic E-state index is 0. The van der Waals surface area contributed by atoms with E-state index in [0.29, 0.717) is 0 Å². The van der Waals surface area contributed by atoms with Gasteiger partial charge >= 0.3 is 0 Å². The van der Waals surface area contributed by atoms with Crippen molar-refractivity contribution in [2.75, 3.05) is 0 Å². The molecule has 0 heterocycles. The third kappa shape index (κ3) is 50.1. The predicted molar refractivity (Wildman–Crippen MR) is 269 cm³/mol. The quantitative estimate of drug-likeness (QED) is 0.248. The summed E-state index contributed by atoms with van der Waals surface area (Å²) in [4.78, 5) is 0. The third-order valence-corrected chi connectivity index (χ3v) is 12.5. The molecule has 6 saturated carbocycles. The Bertz CT molecular complexity index is 524. The first-order valence-corrected chi connectivity index (χ1v) is 26.6. The van der Waals surface area contributed by atoms with Crippen molar-refractivity contribution in [1.82, 2.24) is 0 Å². The van der Waals surface area contributed by atoms with Gasteiger partial charge in [-0.05, 0) is 29.6 Å². The van der Waals surface area contributed by atoms with Crippen LogP contribution in [0.3, 0.4) is 0 Å². The van der Waals surface area contributed by atoms with Crippen molar-refractivity contribution in [1.29, 1.82) is 0 Å². The maximum atomic E-state index is 2.45. The minimum absolute atomic E-state index is 0. The number of rotatable bonds is 1. The summed E-state index contributed by atoms with van der Waals surface area (Å²) in [6.07, 6.45) is 57.2. The highest BCUT2D eigenvalue weighted by Crippen LogP contribution is 2.36. The molecular formula is C56H122. The van der Waals surface area contributed by atoms with E-state index in [2.05, 4.69) is 20.8 Å². The molecule has 0 aromatic carbocycles. The van der Waals surface area contributed by atoms with Gasteiger partial charge in [0.25, 0.3) is 0 Å². The van der Waals surface area contributed by atoms with E-state index in [1.165, 1.54) is 218 Å². The van der Waals surface area contributed by atoms with Crippen LogP contribution in [0.15, 0.2) is 0 Å². The SMILES string of the molecule is C.C.C1CC1.C1CCCCCCC1.CC.CC.CC.CC.CC1CCCC(C2CCCCCCC2)CCC1.CC1CCCCCCC1.CC1CCCCCCC1. The lowest BCUT2D eigenvalue weighted by Gasteiger charge is -2.31. The topological polar surface area (TPSA) is 0 Å². The van der Waals surface area contributed by atoms with Crippen LogP contribution in [0.2, 0.25) is 0 Å². The molecule has 6 aliphatic carbocycles. The van der Waals surface area contributed by atoms with E-state index in [9.17, 15) is 0 Å². The average Bonchev–Trinajstić information content (AvgIpc) is 4.04. The van der Waals surface area contributed by atoms with Gasteiger partial charge in [0, 0.05) is 0 Å². The normalized spacial score (nSPS) is 23.6. The molecule has 0 heteroatoms. The van der Waals surface area contributed by atoms with Gasteiger partial charge in [0.1, 0.15) is 0 Å². The largest absolute Gasteiger partial charge is 0.0776 e. The Morgan fingerprint density at radius 1 is 0.179 bits per heavy atom. The van der Waals surface area contributed by atoms with E-state index < -0.39 is 0 Å². The summed E-state index contributed by atoms with van der Waals surface area (Å²) in [6.45, 7) is 23.2. The maximum absolute atomic E-state index is 2.45. The second-order valence-electron chi connectivity index (χ2n) is 17.6. The second kappa shape index (κ2) is 57.1. The molecule has 0 saturated heterocycles. The van der Waals surface area contributed by atoms with E-state index in [1.807, 2.05) is 55.4 Å². The predicted octanol–water partition coefficient (Wildman–Crippen LogP) is 22.4. The fourth-order valence-corrected chi connectivity index (χ4v) is 8.91. The summed E-state index contributed by atoms with van der Waals surface area (Å²) in [7, 11) is 0. The summed E-state index contributed by atoms with van der Waals surface area (Å²) in [5, 5.41) is 0. The molecule has 6 aliphatic rings. The molecule has 0 aromatic heterocycles. The van der Waals surface area contributed by atoms with Gasteiger partial charge in [0.2, 0.25) is 0 Å². The third-order valence-electron chi connectivity index (χ3n) is 12.5. The smallest absolute Gasteiger partial charge is 0.0386 e. The van der Waals surface area contributed by atoms with Crippen molar-refractivity contribution in [3.8, 4) is 0 Å². The zero-order valence-corrected chi connectivity index (χ0v) is 40.8.